The van der Waals surface area contributed by atoms with Crippen LogP contribution >= 0.6 is 0 Å². The number of aromatic hydroxyl groups is 1. The molecule has 140 valence electrons. The highest BCUT2D eigenvalue weighted by Crippen LogP contribution is 2.30. The maximum absolute atomic E-state index is 13.3. The fraction of sp³-hybridized carbons (Fsp3) is 0.130. The zero-order valence-corrected chi connectivity index (χ0v) is 15.8. The van der Waals surface area contributed by atoms with E-state index in [0.717, 1.165) is 16.7 Å². The van der Waals surface area contributed by atoms with Crippen LogP contribution in [0, 0.1) is 0 Å². The van der Waals surface area contributed by atoms with Crippen molar-refractivity contribution in [3.05, 3.63) is 84.4 Å². The van der Waals surface area contributed by atoms with Gasteiger partial charge in [-0.2, -0.15) is 0 Å². The van der Waals surface area contributed by atoms with Gasteiger partial charge in [-0.3, -0.25) is 14.3 Å². The number of amides is 1. The van der Waals surface area contributed by atoms with Gasteiger partial charge in [-0.15, -0.1) is 0 Å². The summed E-state index contributed by atoms with van der Waals surface area (Å²) in [5.74, 6) is 0.637. The van der Waals surface area contributed by atoms with Gasteiger partial charge in [-0.25, -0.2) is 4.98 Å². The summed E-state index contributed by atoms with van der Waals surface area (Å²) in [5, 5.41) is 9.68. The summed E-state index contributed by atoms with van der Waals surface area (Å²) < 4.78 is 1.95. The number of nitrogens with zero attached hydrogens (tertiary/aromatic N) is 3. The molecule has 0 radical (unpaired) electrons. The molecule has 1 N–H and O–H groups in total. The average molecular weight is 371 g/mol. The lowest BCUT2D eigenvalue weighted by molar-refractivity contribution is 0.0978. The minimum Gasteiger partial charge on any atom is -0.508 e. The van der Waals surface area contributed by atoms with Crippen molar-refractivity contribution in [1.29, 1.82) is 0 Å². The third-order valence-corrected chi connectivity index (χ3v) is 4.62. The number of benzene rings is 3. The average Bonchev–Trinajstić information content (AvgIpc) is 3.08. The Kier molecular flexibility index (Phi) is 4.57. The van der Waals surface area contributed by atoms with E-state index in [2.05, 4.69) is 0 Å². The van der Waals surface area contributed by atoms with Gasteiger partial charge in [0.05, 0.1) is 11.0 Å². The van der Waals surface area contributed by atoms with E-state index in [1.54, 1.807) is 17.0 Å². The van der Waals surface area contributed by atoms with E-state index in [1.165, 1.54) is 0 Å². The second-order valence-corrected chi connectivity index (χ2v) is 6.89. The number of imidazole rings is 1. The van der Waals surface area contributed by atoms with Crippen LogP contribution in [0.1, 0.15) is 24.2 Å². The van der Waals surface area contributed by atoms with Gasteiger partial charge in [0.2, 0.25) is 5.95 Å². The number of phenolic OH excluding ortho intramolecular Hbond substituents is 1. The molecule has 1 amide bonds. The van der Waals surface area contributed by atoms with Crippen molar-refractivity contribution in [2.45, 2.75) is 19.9 Å². The lowest BCUT2D eigenvalue weighted by atomic mass is 10.2. The van der Waals surface area contributed by atoms with Crippen molar-refractivity contribution in [3.63, 3.8) is 0 Å². The number of hydrogen-bond donors (Lipinski definition) is 1. The van der Waals surface area contributed by atoms with Crippen molar-refractivity contribution < 1.29 is 9.90 Å². The van der Waals surface area contributed by atoms with E-state index in [9.17, 15) is 9.90 Å². The topological polar surface area (TPSA) is 58.4 Å². The molecule has 1 heterocycles. The number of carbonyl (C=O) groups excluding carboxylic acids is 1. The van der Waals surface area contributed by atoms with Crippen LogP contribution in [0.2, 0.25) is 0 Å². The van der Waals surface area contributed by atoms with Crippen LogP contribution in [-0.2, 0) is 0 Å². The first-order chi connectivity index (χ1) is 13.6. The molecule has 0 bridgehead atoms. The summed E-state index contributed by atoms with van der Waals surface area (Å²) in [5.41, 5.74) is 3.14. The zero-order chi connectivity index (χ0) is 19.7. The van der Waals surface area contributed by atoms with Crippen LogP contribution in [0.15, 0.2) is 78.9 Å². The normalized spacial score (nSPS) is 11.1. The highest BCUT2D eigenvalue weighted by molar-refractivity contribution is 6.06. The largest absolute Gasteiger partial charge is 0.508 e. The standard InChI is InChI=1S/C23H21N3O2/c1-16(2)25(22(28)17-8-4-3-5-9-17)23-24-20-10-6-7-11-21(20)26(23)18-12-14-19(27)15-13-18/h3-16,27H,1-2H3. The number of rotatable bonds is 4. The van der Waals surface area contributed by atoms with Gasteiger partial charge >= 0.3 is 0 Å². The Labute approximate surface area is 163 Å². The van der Waals surface area contributed by atoms with E-state index < -0.39 is 0 Å². The van der Waals surface area contributed by atoms with Gasteiger partial charge in [0.25, 0.3) is 5.91 Å². The Morgan fingerprint density at radius 3 is 2.25 bits per heavy atom. The molecule has 0 aliphatic rings. The predicted octanol–water partition coefficient (Wildman–Crippen LogP) is 4.79. The maximum atomic E-state index is 13.3. The molecular weight excluding hydrogens is 350 g/mol. The fourth-order valence-corrected chi connectivity index (χ4v) is 3.31. The minimum absolute atomic E-state index is 0.0969. The number of carbonyl (C=O) groups is 1. The smallest absolute Gasteiger partial charge is 0.260 e. The molecule has 0 saturated carbocycles. The molecular formula is C23H21N3O2. The first-order valence-corrected chi connectivity index (χ1v) is 9.22. The van der Waals surface area contributed by atoms with Crippen LogP contribution < -0.4 is 4.90 Å². The second-order valence-electron chi connectivity index (χ2n) is 6.89. The van der Waals surface area contributed by atoms with Gasteiger partial charge < -0.3 is 5.11 Å². The third kappa shape index (κ3) is 3.11. The number of hydrogen-bond acceptors (Lipinski definition) is 3. The Morgan fingerprint density at radius 1 is 0.929 bits per heavy atom. The molecule has 4 rings (SSSR count). The SMILES string of the molecule is CC(C)N(C(=O)c1ccccc1)c1nc2ccccc2n1-c1ccc(O)cc1. The Hall–Kier alpha value is -3.60. The van der Waals surface area contributed by atoms with Gasteiger partial charge in [-0.1, -0.05) is 30.3 Å². The minimum atomic E-state index is -0.106. The molecule has 0 atom stereocenters. The van der Waals surface area contributed by atoms with E-state index in [1.807, 2.05) is 85.1 Å². The van der Waals surface area contributed by atoms with Crippen molar-refractivity contribution >= 4 is 22.9 Å². The molecule has 4 aromatic rings. The highest BCUT2D eigenvalue weighted by Gasteiger charge is 2.27. The van der Waals surface area contributed by atoms with Crippen molar-refractivity contribution in [1.82, 2.24) is 9.55 Å². The Balaban J connectivity index is 1.94. The second kappa shape index (κ2) is 7.19. The molecule has 0 saturated heterocycles. The van der Waals surface area contributed by atoms with Crippen LogP contribution in [-0.4, -0.2) is 26.6 Å². The lowest BCUT2D eigenvalue weighted by Gasteiger charge is -2.26. The van der Waals surface area contributed by atoms with E-state index >= 15 is 0 Å². The van der Waals surface area contributed by atoms with Crippen LogP contribution in [0.25, 0.3) is 16.7 Å². The molecule has 28 heavy (non-hydrogen) atoms. The molecule has 0 aliphatic carbocycles. The molecule has 5 nitrogen and oxygen atoms in total. The molecule has 5 heteroatoms. The first kappa shape index (κ1) is 17.8. The Morgan fingerprint density at radius 2 is 1.57 bits per heavy atom. The summed E-state index contributed by atoms with van der Waals surface area (Å²) in [4.78, 5) is 19.8. The van der Waals surface area contributed by atoms with Gasteiger partial charge in [-0.05, 0) is 62.4 Å². The van der Waals surface area contributed by atoms with E-state index in [-0.39, 0.29) is 17.7 Å². The van der Waals surface area contributed by atoms with Gasteiger partial charge in [0, 0.05) is 17.3 Å². The fourth-order valence-electron chi connectivity index (χ4n) is 3.31. The van der Waals surface area contributed by atoms with Gasteiger partial charge in [0.15, 0.2) is 0 Å². The third-order valence-electron chi connectivity index (χ3n) is 4.62. The monoisotopic (exact) mass is 371 g/mol. The van der Waals surface area contributed by atoms with E-state index in [4.69, 9.17) is 4.98 Å². The summed E-state index contributed by atoms with van der Waals surface area (Å²) in [6.45, 7) is 3.95. The summed E-state index contributed by atoms with van der Waals surface area (Å²) in [6.07, 6.45) is 0. The number of anilines is 1. The van der Waals surface area contributed by atoms with Crippen molar-refractivity contribution in [2.75, 3.05) is 4.90 Å². The van der Waals surface area contributed by atoms with Gasteiger partial charge in [0.1, 0.15) is 5.75 Å². The number of para-hydroxylation sites is 2. The summed E-state index contributed by atoms with van der Waals surface area (Å²) in [7, 11) is 0. The molecule has 0 unspecified atom stereocenters. The quantitative estimate of drug-likeness (QED) is 0.561. The first-order valence-electron chi connectivity index (χ1n) is 9.22. The van der Waals surface area contributed by atoms with Crippen molar-refractivity contribution in [3.8, 4) is 11.4 Å². The number of aromatic nitrogens is 2. The summed E-state index contributed by atoms with van der Waals surface area (Å²) >= 11 is 0. The predicted molar refractivity (Wildman–Crippen MR) is 111 cm³/mol. The lowest BCUT2D eigenvalue weighted by Crippen LogP contribution is -2.38. The van der Waals surface area contributed by atoms with E-state index in [0.29, 0.717) is 11.5 Å². The molecule has 3 aromatic carbocycles. The highest BCUT2D eigenvalue weighted by atomic mass is 16.3. The Bertz CT molecular complexity index is 1120. The molecule has 0 spiro atoms. The number of phenols is 1. The summed E-state index contributed by atoms with van der Waals surface area (Å²) in [6, 6.07) is 23.8. The zero-order valence-electron chi connectivity index (χ0n) is 15.8. The molecule has 0 aliphatic heterocycles. The maximum Gasteiger partial charge on any atom is 0.260 e. The van der Waals surface area contributed by atoms with Crippen molar-refractivity contribution in [2.24, 2.45) is 0 Å². The van der Waals surface area contributed by atoms with Crippen LogP contribution in [0.5, 0.6) is 5.75 Å². The molecule has 1 aromatic heterocycles. The van der Waals surface area contributed by atoms with Crippen LogP contribution in [0.3, 0.4) is 0 Å². The van der Waals surface area contributed by atoms with Crippen LogP contribution in [0.4, 0.5) is 5.95 Å². The molecule has 0 fully saturated rings. The number of fused-ring (bicyclic) bond motifs is 1.